The molecule has 2 heterocycles. The molecule has 0 amide bonds. The van der Waals surface area contributed by atoms with E-state index in [9.17, 15) is 0 Å². The van der Waals surface area contributed by atoms with Gasteiger partial charge in [0.2, 0.25) is 0 Å². The van der Waals surface area contributed by atoms with Gasteiger partial charge in [0.25, 0.3) is 0 Å². The Morgan fingerprint density at radius 1 is 1.60 bits per heavy atom. The van der Waals surface area contributed by atoms with Crippen molar-refractivity contribution in [1.29, 1.82) is 0 Å². The topological polar surface area (TPSA) is 29.3 Å². The van der Waals surface area contributed by atoms with Crippen LogP contribution in [0, 0.1) is 5.92 Å². The summed E-state index contributed by atoms with van der Waals surface area (Å²) in [5.74, 6) is 0.689. The van der Waals surface area contributed by atoms with E-state index in [-0.39, 0.29) is 0 Å². The standard InChI is InChI=1S/C8H14N2/c1-6-4-10-3-2-7(5-10)8(6)9/h7H,2-5,9H2,1H3. The number of hydrogen-bond acceptors (Lipinski definition) is 2. The highest BCUT2D eigenvalue weighted by molar-refractivity contribution is 5.19. The Labute approximate surface area is 61.7 Å². The summed E-state index contributed by atoms with van der Waals surface area (Å²) in [5, 5.41) is 0. The van der Waals surface area contributed by atoms with Crippen molar-refractivity contribution >= 4 is 0 Å². The molecule has 2 heteroatoms. The van der Waals surface area contributed by atoms with Crippen LogP contribution in [0.15, 0.2) is 11.3 Å². The molecular weight excluding hydrogens is 124 g/mol. The van der Waals surface area contributed by atoms with E-state index in [0.29, 0.717) is 5.92 Å². The van der Waals surface area contributed by atoms with Crippen LogP contribution in [-0.2, 0) is 0 Å². The monoisotopic (exact) mass is 138 g/mol. The van der Waals surface area contributed by atoms with Crippen LogP contribution in [0.4, 0.5) is 0 Å². The van der Waals surface area contributed by atoms with Crippen molar-refractivity contribution in [1.82, 2.24) is 4.90 Å². The molecule has 2 unspecified atom stereocenters. The Morgan fingerprint density at radius 2 is 2.40 bits per heavy atom. The summed E-state index contributed by atoms with van der Waals surface area (Å²) >= 11 is 0. The molecular formula is C8H14N2. The number of fused-ring (bicyclic) bond motifs is 2. The maximum Gasteiger partial charge on any atom is 0.0210 e. The van der Waals surface area contributed by atoms with Crippen LogP contribution >= 0.6 is 0 Å². The van der Waals surface area contributed by atoms with Crippen LogP contribution in [0.5, 0.6) is 0 Å². The van der Waals surface area contributed by atoms with Gasteiger partial charge in [0.05, 0.1) is 0 Å². The van der Waals surface area contributed by atoms with E-state index >= 15 is 0 Å². The Hall–Kier alpha value is -0.500. The Kier molecular flexibility index (Phi) is 1.24. The van der Waals surface area contributed by atoms with Crippen molar-refractivity contribution in [2.24, 2.45) is 11.7 Å². The van der Waals surface area contributed by atoms with Crippen molar-refractivity contribution < 1.29 is 0 Å². The first kappa shape index (κ1) is 6.23. The molecule has 2 aliphatic rings. The van der Waals surface area contributed by atoms with Gasteiger partial charge < -0.3 is 5.73 Å². The molecule has 2 atom stereocenters. The fourth-order valence-electron chi connectivity index (χ4n) is 2.01. The second-order valence-corrected chi connectivity index (χ2v) is 3.46. The van der Waals surface area contributed by atoms with Crippen molar-refractivity contribution in [3.8, 4) is 0 Å². The normalized spacial score (nSPS) is 38.9. The molecule has 0 aliphatic carbocycles. The van der Waals surface area contributed by atoms with Crippen LogP contribution in [0.25, 0.3) is 0 Å². The van der Waals surface area contributed by atoms with E-state index in [2.05, 4.69) is 11.8 Å². The fourth-order valence-corrected chi connectivity index (χ4v) is 2.01. The summed E-state index contributed by atoms with van der Waals surface area (Å²) in [5.41, 5.74) is 8.48. The van der Waals surface area contributed by atoms with Crippen LogP contribution in [0.1, 0.15) is 13.3 Å². The van der Waals surface area contributed by atoms with Gasteiger partial charge in [-0.25, -0.2) is 0 Å². The molecule has 0 saturated carbocycles. The lowest BCUT2D eigenvalue weighted by atomic mass is 9.99. The highest BCUT2D eigenvalue weighted by Gasteiger charge is 2.29. The van der Waals surface area contributed by atoms with Crippen molar-refractivity contribution in [3.63, 3.8) is 0 Å². The summed E-state index contributed by atoms with van der Waals surface area (Å²) in [7, 11) is 0. The predicted octanol–water partition coefficient (Wildman–Crippen LogP) is 0.555. The molecule has 1 fully saturated rings. The summed E-state index contributed by atoms with van der Waals surface area (Å²) in [6.45, 7) is 5.73. The average Bonchev–Trinajstić information content (AvgIpc) is 2.29. The summed E-state index contributed by atoms with van der Waals surface area (Å²) < 4.78 is 0. The molecule has 0 spiro atoms. The zero-order chi connectivity index (χ0) is 7.14. The van der Waals surface area contributed by atoms with Crippen LogP contribution in [0.2, 0.25) is 0 Å². The molecule has 2 N–H and O–H groups in total. The lowest BCUT2D eigenvalue weighted by Crippen LogP contribution is -2.30. The first-order valence-electron chi connectivity index (χ1n) is 3.95. The van der Waals surface area contributed by atoms with E-state index in [1.807, 2.05) is 0 Å². The number of hydrogen-bond donors (Lipinski definition) is 1. The van der Waals surface area contributed by atoms with Gasteiger partial charge in [0.15, 0.2) is 0 Å². The number of nitrogens with zero attached hydrogens (tertiary/aromatic N) is 1. The van der Waals surface area contributed by atoms with Crippen molar-refractivity contribution in [3.05, 3.63) is 11.3 Å². The van der Waals surface area contributed by atoms with Crippen LogP contribution in [-0.4, -0.2) is 24.5 Å². The maximum absolute atomic E-state index is 5.91. The highest BCUT2D eigenvalue weighted by atomic mass is 15.2. The minimum atomic E-state index is 0.689. The van der Waals surface area contributed by atoms with Gasteiger partial charge in [0.1, 0.15) is 0 Å². The zero-order valence-corrected chi connectivity index (χ0v) is 6.43. The van der Waals surface area contributed by atoms with Gasteiger partial charge in [-0.3, -0.25) is 4.90 Å². The second kappa shape index (κ2) is 1.99. The average molecular weight is 138 g/mol. The van der Waals surface area contributed by atoms with E-state index in [1.54, 1.807) is 0 Å². The largest absolute Gasteiger partial charge is 0.402 e. The molecule has 2 rings (SSSR count). The number of rotatable bonds is 0. The third-order valence-corrected chi connectivity index (χ3v) is 2.67. The maximum atomic E-state index is 5.91. The van der Waals surface area contributed by atoms with E-state index in [0.717, 1.165) is 6.54 Å². The van der Waals surface area contributed by atoms with Crippen LogP contribution in [0.3, 0.4) is 0 Å². The van der Waals surface area contributed by atoms with Gasteiger partial charge in [0, 0.05) is 24.7 Å². The van der Waals surface area contributed by atoms with Gasteiger partial charge in [-0.05, 0) is 25.5 Å². The quantitative estimate of drug-likeness (QED) is 0.530. The minimum Gasteiger partial charge on any atom is -0.402 e. The number of nitrogens with two attached hydrogens (primary N) is 1. The van der Waals surface area contributed by atoms with Gasteiger partial charge >= 0.3 is 0 Å². The molecule has 0 aromatic rings. The molecule has 10 heavy (non-hydrogen) atoms. The third kappa shape index (κ3) is 0.754. The molecule has 0 aromatic carbocycles. The smallest absolute Gasteiger partial charge is 0.0210 e. The van der Waals surface area contributed by atoms with Crippen molar-refractivity contribution in [2.45, 2.75) is 13.3 Å². The fraction of sp³-hybridized carbons (Fsp3) is 0.750. The lowest BCUT2D eigenvalue weighted by molar-refractivity contribution is 0.341. The van der Waals surface area contributed by atoms with Gasteiger partial charge in [-0.1, -0.05) is 0 Å². The Balaban J connectivity index is 2.28. The summed E-state index contributed by atoms with van der Waals surface area (Å²) in [6, 6.07) is 0. The third-order valence-electron chi connectivity index (χ3n) is 2.67. The summed E-state index contributed by atoms with van der Waals surface area (Å²) in [4.78, 5) is 2.48. The molecule has 2 bridgehead atoms. The van der Waals surface area contributed by atoms with Gasteiger partial charge in [-0.15, -0.1) is 0 Å². The Bertz CT molecular complexity index is 184. The first-order valence-corrected chi connectivity index (χ1v) is 3.95. The SMILES string of the molecule is CC1=C(N)C2CCN(C1)C2. The zero-order valence-electron chi connectivity index (χ0n) is 6.43. The van der Waals surface area contributed by atoms with E-state index < -0.39 is 0 Å². The molecule has 1 saturated heterocycles. The van der Waals surface area contributed by atoms with Gasteiger partial charge in [-0.2, -0.15) is 0 Å². The van der Waals surface area contributed by atoms with Crippen LogP contribution < -0.4 is 5.73 Å². The van der Waals surface area contributed by atoms with E-state index in [4.69, 9.17) is 5.73 Å². The molecule has 56 valence electrons. The summed E-state index contributed by atoms with van der Waals surface area (Å²) in [6.07, 6.45) is 1.28. The first-order chi connectivity index (χ1) is 4.77. The minimum absolute atomic E-state index is 0.689. The lowest BCUT2D eigenvalue weighted by Gasteiger charge is -2.24. The second-order valence-electron chi connectivity index (χ2n) is 3.46. The predicted molar refractivity (Wildman–Crippen MR) is 41.4 cm³/mol. The highest BCUT2D eigenvalue weighted by Crippen LogP contribution is 2.28. The van der Waals surface area contributed by atoms with Crippen molar-refractivity contribution in [2.75, 3.05) is 19.6 Å². The Morgan fingerprint density at radius 3 is 3.20 bits per heavy atom. The molecule has 2 aliphatic heterocycles. The molecule has 2 nitrogen and oxygen atoms in total. The van der Waals surface area contributed by atoms with E-state index in [1.165, 1.54) is 30.8 Å². The molecule has 0 radical (unpaired) electrons. The molecule has 0 aromatic heterocycles.